The van der Waals surface area contributed by atoms with Gasteiger partial charge in [0.2, 0.25) is 0 Å². The number of carboxylic acids is 1. The largest absolute Gasteiger partial charge is 0.478 e. The van der Waals surface area contributed by atoms with Gasteiger partial charge in [-0.2, -0.15) is 0 Å². The first-order valence-corrected chi connectivity index (χ1v) is 6.81. The summed E-state index contributed by atoms with van der Waals surface area (Å²) in [7, 11) is 0. The first-order chi connectivity index (χ1) is 10.0. The molecule has 2 rings (SSSR count). The molecule has 2 aromatic rings. The Morgan fingerprint density at radius 1 is 1.33 bits per heavy atom. The van der Waals surface area contributed by atoms with Crippen LogP contribution in [0, 0.1) is 6.92 Å². The standard InChI is InChI=1S/C16H19N3O2/c1-3-19(10-12-6-4-5-11(2)18-12)13-7-8-15(17)14(9-13)16(20)21/h4-9H,3,10,17H2,1-2H3,(H,20,21). The first-order valence-electron chi connectivity index (χ1n) is 6.81. The van der Waals surface area contributed by atoms with Crippen molar-refractivity contribution in [1.29, 1.82) is 0 Å². The zero-order chi connectivity index (χ0) is 15.4. The summed E-state index contributed by atoms with van der Waals surface area (Å²) >= 11 is 0. The third-order valence-corrected chi connectivity index (χ3v) is 3.31. The van der Waals surface area contributed by atoms with Crippen molar-refractivity contribution >= 4 is 17.3 Å². The van der Waals surface area contributed by atoms with Crippen molar-refractivity contribution in [3.63, 3.8) is 0 Å². The Bertz CT molecular complexity index is 656. The molecule has 1 aromatic heterocycles. The number of benzene rings is 1. The van der Waals surface area contributed by atoms with Crippen molar-refractivity contribution in [3.8, 4) is 0 Å². The SMILES string of the molecule is CCN(Cc1cccc(C)n1)c1ccc(N)c(C(=O)O)c1. The minimum absolute atomic E-state index is 0.128. The predicted molar refractivity (Wildman–Crippen MR) is 83.5 cm³/mol. The molecule has 21 heavy (non-hydrogen) atoms. The second-order valence-corrected chi connectivity index (χ2v) is 4.86. The number of nitrogens with zero attached hydrogens (tertiary/aromatic N) is 2. The van der Waals surface area contributed by atoms with E-state index in [2.05, 4.69) is 9.88 Å². The second kappa shape index (κ2) is 6.26. The Morgan fingerprint density at radius 2 is 2.10 bits per heavy atom. The molecule has 0 aliphatic heterocycles. The van der Waals surface area contributed by atoms with Gasteiger partial charge in [-0.1, -0.05) is 6.07 Å². The molecule has 0 amide bonds. The Hall–Kier alpha value is -2.56. The van der Waals surface area contributed by atoms with Crippen LogP contribution in [-0.2, 0) is 6.54 Å². The van der Waals surface area contributed by atoms with E-state index in [1.165, 1.54) is 0 Å². The third kappa shape index (κ3) is 3.51. The average Bonchev–Trinajstić information content (AvgIpc) is 2.45. The fourth-order valence-electron chi connectivity index (χ4n) is 2.19. The van der Waals surface area contributed by atoms with Gasteiger partial charge >= 0.3 is 5.97 Å². The number of pyridine rings is 1. The highest BCUT2D eigenvalue weighted by atomic mass is 16.4. The lowest BCUT2D eigenvalue weighted by Gasteiger charge is -2.23. The van der Waals surface area contributed by atoms with Crippen molar-refractivity contribution < 1.29 is 9.90 Å². The van der Waals surface area contributed by atoms with E-state index >= 15 is 0 Å². The molecular weight excluding hydrogens is 266 g/mol. The van der Waals surface area contributed by atoms with Gasteiger partial charge in [0, 0.05) is 23.6 Å². The van der Waals surface area contributed by atoms with Crippen LogP contribution in [0.3, 0.4) is 0 Å². The maximum atomic E-state index is 11.2. The van der Waals surface area contributed by atoms with Crippen molar-refractivity contribution in [2.24, 2.45) is 0 Å². The van der Waals surface area contributed by atoms with Gasteiger partial charge < -0.3 is 15.7 Å². The summed E-state index contributed by atoms with van der Waals surface area (Å²) in [6.07, 6.45) is 0. The minimum atomic E-state index is -1.01. The molecule has 1 aromatic carbocycles. The summed E-state index contributed by atoms with van der Waals surface area (Å²) < 4.78 is 0. The number of aromatic carboxylic acids is 1. The number of carboxylic acid groups (broad SMARTS) is 1. The summed E-state index contributed by atoms with van der Waals surface area (Å²) in [6.45, 7) is 5.35. The van der Waals surface area contributed by atoms with Crippen LogP contribution in [0.2, 0.25) is 0 Å². The molecular formula is C16H19N3O2. The van der Waals surface area contributed by atoms with Gasteiger partial charge in [-0.15, -0.1) is 0 Å². The number of aromatic nitrogens is 1. The highest BCUT2D eigenvalue weighted by Gasteiger charge is 2.12. The van der Waals surface area contributed by atoms with E-state index in [0.717, 1.165) is 23.6 Å². The van der Waals surface area contributed by atoms with Gasteiger partial charge in [0.1, 0.15) is 0 Å². The van der Waals surface area contributed by atoms with E-state index in [-0.39, 0.29) is 11.3 Å². The van der Waals surface area contributed by atoms with Gasteiger partial charge in [0.05, 0.1) is 17.8 Å². The molecule has 0 aliphatic carbocycles. The normalized spacial score (nSPS) is 10.4. The Kier molecular flexibility index (Phi) is 4.42. The Balaban J connectivity index is 2.29. The van der Waals surface area contributed by atoms with Gasteiger partial charge in [-0.05, 0) is 44.2 Å². The lowest BCUT2D eigenvalue weighted by atomic mass is 10.1. The maximum Gasteiger partial charge on any atom is 0.337 e. The quantitative estimate of drug-likeness (QED) is 0.826. The topological polar surface area (TPSA) is 79.5 Å². The van der Waals surface area contributed by atoms with Gasteiger partial charge in [-0.25, -0.2) is 4.79 Å². The molecule has 3 N–H and O–H groups in total. The number of hydrogen-bond donors (Lipinski definition) is 2. The van der Waals surface area contributed by atoms with Crippen LogP contribution >= 0.6 is 0 Å². The number of nitrogens with two attached hydrogens (primary N) is 1. The van der Waals surface area contributed by atoms with E-state index in [9.17, 15) is 4.79 Å². The smallest absolute Gasteiger partial charge is 0.337 e. The van der Waals surface area contributed by atoms with Crippen molar-refractivity contribution in [3.05, 3.63) is 53.3 Å². The van der Waals surface area contributed by atoms with Crippen LogP contribution in [-0.4, -0.2) is 22.6 Å². The highest BCUT2D eigenvalue weighted by Crippen LogP contribution is 2.22. The number of nitrogen functional groups attached to an aromatic ring is 1. The molecule has 0 aliphatic rings. The van der Waals surface area contributed by atoms with Gasteiger partial charge in [0.15, 0.2) is 0 Å². The van der Waals surface area contributed by atoms with E-state index in [0.29, 0.717) is 6.54 Å². The molecule has 0 radical (unpaired) electrons. The monoisotopic (exact) mass is 285 g/mol. The van der Waals surface area contributed by atoms with Crippen LogP contribution in [0.25, 0.3) is 0 Å². The van der Waals surface area contributed by atoms with Crippen LogP contribution in [0.1, 0.15) is 28.7 Å². The average molecular weight is 285 g/mol. The number of rotatable bonds is 5. The molecule has 0 saturated heterocycles. The molecule has 0 atom stereocenters. The molecule has 5 nitrogen and oxygen atoms in total. The fraction of sp³-hybridized carbons (Fsp3) is 0.250. The van der Waals surface area contributed by atoms with Crippen molar-refractivity contribution in [1.82, 2.24) is 4.98 Å². The predicted octanol–water partition coefficient (Wildman–Crippen LogP) is 2.70. The van der Waals surface area contributed by atoms with E-state index < -0.39 is 5.97 Å². The third-order valence-electron chi connectivity index (χ3n) is 3.31. The molecule has 110 valence electrons. The van der Waals surface area contributed by atoms with E-state index in [4.69, 9.17) is 10.8 Å². The van der Waals surface area contributed by atoms with Crippen LogP contribution in [0.5, 0.6) is 0 Å². The molecule has 0 fully saturated rings. The van der Waals surface area contributed by atoms with Crippen LogP contribution < -0.4 is 10.6 Å². The number of aryl methyl sites for hydroxylation is 1. The number of anilines is 2. The molecule has 1 heterocycles. The van der Waals surface area contributed by atoms with E-state index in [1.807, 2.05) is 38.1 Å². The lowest BCUT2D eigenvalue weighted by molar-refractivity contribution is 0.0698. The number of carbonyl (C=O) groups is 1. The highest BCUT2D eigenvalue weighted by molar-refractivity contribution is 5.94. The Morgan fingerprint density at radius 3 is 2.71 bits per heavy atom. The molecule has 0 spiro atoms. The summed E-state index contributed by atoms with van der Waals surface area (Å²) in [5.41, 5.74) is 8.84. The van der Waals surface area contributed by atoms with Crippen LogP contribution in [0.15, 0.2) is 36.4 Å². The molecule has 0 bridgehead atoms. The van der Waals surface area contributed by atoms with Crippen molar-refractivity contribution in [2.45, 2.75) is 20.4 Å². The first kappa shape index (κ1) is 14.8. The Labute approximate surface area is 124 Å². The number of hydrogen-bond acceptors (Lipinski definition) is 4. The minimum Gasteiger partial charge on any atom is -0.478 e. The van der Waals surface area contributed by atoms with E-state index in [1.54, 1.807) is 12.1 Å². The van der Waals surface area contributed by atoms with Gasteiger partial charge in [0.25, 0.3) is 0 Å². The zero-order valence-corrected chi connectivity index (χ0v) is 12.2. The lowest BCUT2D eigenvalue weighted by Crippen LogP contribution is -2.23. The summed E-state index contributed by atoms with van der Waals surface area (Å²) in [4.78, 5) is 17.7. The summed E-state index contributed by atoms with van der Waals surface area (Å²) in [5.74, 6) is -1.01. The molecule has 5 heteroatoms. The maximum absolute atomic E-state index is 11.2. The second-order valence-electron chi connectivity index (χ2n) is 4.86. The summed E-state index contributed by atoms with van der Waals surface area (Å²) in [5, 5.41) is 9.16. The summed E-state index contributed by atoms with van der Waals surface area (Å²) in [6, 6.07) is 11.0. The fourth-order valence-corrected chi connectivity index (χ4v) is 2.19. The van der Waals surface area contributed by atoms with Gasteiger partial charge in [-0.3, -0.25) is 4.98 Å². The molecule has 0 saturated carbocycles. The van der Waals surface area contributed by atoms with Crippen molar-refractivity contribution in [2.75, 3.05) is 17.2 Å². The zero-order valence-electron chi connectivity index (χ0n) is 12.2. The van der Waals surface area contributed by atoms with Crippen LogP contribution in [0.4, 0.5) is 11.4 Å². The molecule has 0 unspecified atom stereocenters.